The SMILES string of the molecule is CCNC(c1ccc(F)cc1)c1c(C)oc(C)c1C. The molecule has 2 rings (SSSR count). The summed E-state index contributed by atoms with van der Waals surface area (Å²) in [7, 11) is 0. The first-order valence-corrected chi connectivity index (χ1v) is 6.60. The third-order valence-electron chi connectivity index (χ3n) is 3.52. The third kappa shape index (κ3) is 2.71. The third-order valence-corrected chi connectivity index (χ3v) is 3.52. The maximum atomic E-state index is 13.1. The number of aryl methyl sites for hydroxylation is 2. The Labute approximate surface area is 113 Å². The lowest BCUT2D eigenvalue weighted by Crippen LogP contribution is -2.23. The van der Waals surface area contributed by atoms with Gasteiger partial charge in [0.25, 0.3) is 0 Å². The summed E-state index contributed by atoms with van der Waals surface area (Å²) in [5.41, 5.74) is 3.37. The van der Waals surface area contributed by atoms with Crippen molar-refractivity contribution in [2.24, 2.45) is 0 Å². The van der Waals surface area contributed by atoms with Gasteiger partial charge < -0.3 is 9.73 Å². The van der Waals surface area contributed by atoms with E-state index < -0.39 is 0 Å². The zero-order chi connectivity index (χ0) is 14.0. The minimum atomic E-state index is -0.212. The van der Waals surface area contributed by atoms with E-state index in [9.17, 15) is 4.39 Å². The van der Waals surface area contributed by atoms with Crippen molar-refractivity contribution >= 4 is 0 Å². The zero-order valence-corrected chi connectivity index (χ0v) is 11.9. The molecule has 0 amide bonds. The van der Waals surface area contributed by atoms with E-state index in [1.807, 2.05) is 26.0 Å². The van der Waals surface area contributed by atoms with E-state index in [1.165, 1.54) is 12.1 Å². The van der Waals surface area contributed by atoms with Gasteiger partial charge in [0.05, 0.1) is 6.04 Å². The summed E-state index contributed by atoms with van der Waals surface area (Å²) in [4.78, 5) is 0. The molecular formula is C16H20FNO. The monoisotopic (exact) mass is 261 g/mol. The number of benzene rings is 1. The Balaban J connectivity index is 2.48. The van der Waals surface area contributed by atoms with E-state index >= 15 is 0 Å². The standard InChI is InChI=1S/C16H20FNO/c1-5-18-16(13-6-8-14(17)9-7-13)15-10(2)11(3)19-12(15)4/h6-9,16,18H,5H2,1-4H3. The largest absolute Gasteiger partial charge is 0.466 e. The fourth-order valence-electron chi connectivity index (χ4n) is 2.48. The van der Waals surface area contributed by atoms with Crippen LogP contribution in [-0.2, 0) is 0 Å². The van der Waals surface area contributed by atoms with Gasteiger partial charge in [0, 0.05) is 5.56 Å². The summed E-state index contributed by atoms with van der Waals surface area (Å²) in [5.74, 6) is 1.65. The second kappa shape index (κ2) is 5.57. The van der Waals surface area contributed by atoms with Crippen LogP contribution >= 0.6 is 0 Å². The van der Waals surface area contributed by atoms with Crippen LogP contribution < -0.4 is 5.32 Å². The highest BCUT2D eigenvalue weighted by Crippen LogP contribution is 2.31. The van der Waals surface area contributed by atoms with E-state index in [0.717, 1.165) is 34.8 Å². The molecule has 1 N–H and O–H groups in total. The average Bonchev–Trinajstić information content (AvgIpc) is 2.62. The van der Waals surface area contributed by atoms with Crippen LogP contribution in [0.3, 0.4) is 0 Å². The molecule has 1 aromatic carbocycles. The molecule has 0 saturated heterocycles. The fourth-order valence-corrected chi connectivity index (χ4v) is 2.48. The fraction of sp³-hybridized carbons (Fsp3) is 0.375. The molecule has 2 aromatic rings. The summed E-state index contributed by atoms with van der Waals surface area (Å²) >= 11 is 0. The number of halogens is 1. The lowest BCUT2D eigenvalue weighted by atomic mass is 9.95. The van der Waals surface area contributed by atoms with Crippen molar-refractivity contribution in [3.63, 3.8) is 0 Å². The topological polar surface area (TPSA) is 25.2 Å². The van der Waals surface area contributed by atoms with Gasteiger partial charge in [-0.3, -0.25) is 0 Å². The first kappa shape index (κ1) is 13.8. The Kier molecular flexibility index (Phi) is 4.05. The predicted molar refractivity (Wildman–Crippen MR) is 74.8 cm³/mol. The minimum Gasteiger partial charge on any atom is -0.466 e. The van der Waals surface area contributed by atoms with Gasteiger partial charge in [-0.2, -0.15) is 0 Å². The number of furan rings is 1. The van der Waals surface area contributed by atoms with Gasteiger partial charge in [0.15, 0.2) is 0 Å². The van der Waals surface area contributed by atoms with Crippen LogP contribution in [0.25, 0.3) is 0 Å². The molecule has 0 fully saturated rings. The smallest absolute Gasteiger partial charge is 0.123 e. The van der Waals surface area contributed by atoms with Crippen LogP contribution in [0.5, 0.6) is 0 Å². The molecule has 0 spiro atoms. The van der Waals surface area contributed by atoms with Crippen LogP contribution in [0.4, 0.5) is 4.39 Å². The van der Waals surface area contributed by atoms with E-state index in [2.05, 4.69) is 19.2 Å². The molecule has 0 saturated carbocycles. The van der Waals surface area contributed by atoms with Gasteiger partial charge in [0.2, 0.25) is 0 Å². The van der Waals surface area contributed by atoms with E-state index in [1.54, 1.807) is 0 Å². The highest BCUT2D eigenvalue weighted by molar-refractivity contribution is 5.40. The zero-order valence-electron chi connectivity index (χ0n) is 11.9. The van der Waals surface area contributed by atoms with E-state index in [-0.39, 0.29) is 11.9 Å². The normalized spacial score (nSPS) is 12.7. The highest BCUT2D eigenvalue weighted by Gasteiger charge is 2.21. The molecule has 0 bridgehead atoms. The van der Waals surface area contributed by atoms with Crippen molar-refractivity contribution in [2.75, 3.05) is 6.54 Å². The Morgan fingerprint density at radius 1 is 1.11 bits per heavy atom. The van der Waals surface area contributed by atoms with Crippen LogP contribution in [0, 0.1) is 26.6 Å². The van der Waals surface area contributed by atoms with Crippen molar-refractivity contribution in [2.45, 2.75) is 33.7 Å². The van der Waals surface area contributed by atoms with Crippen molar-refractivity contribution in [1.29, 1.82) is 0 Å². The maximum absolute atomic E-state index is 13.1. The number of rotatable bonds is 4. The van der Waals surface area contributed by atoms with Crippen LogP contribution in [0.1, 0.15) is 41.2 Å². The molecule has 1 heterocycles. The molecule has 3 heteroatoms. The summed E-state index contributed by atoms with van der Waals surface area (Å²) in [6.45, 7) is 8.91. The Hall–Kier alpha value is -1.61. The molecule has 102 valence electrons. The van der Waals surface area contributed by atoms with Crippen molar-refractivity contribution in [3.05, 3.63) is 58.3 Å². The predicted octanol–water partition coefficient (Wildman–Crippen LogP) is 4.04. The van der Waals surface area contributed by atoms with Gasteiger partial charge in [-0.1, -0.05) is 19.1 Å². The molecule has 0 aliphatic heterocycles. The lowest BCUT2D eigenvalue weighted by molar-refractivity contribution is 0.494. The average molecular weight is 261 g/mol. The quantitative estimate of drug-likeness (QED) is 0.898. The van der Waals surface area contributed by atoms with Crippen LogP contribution in [0.15, 0.2) is 28.7 Å². The molecule has 0 aliphatic rings. The van der Waals surface area contributed by atoms with Crippen LogP contribution in [0.2, 0.25) is 0 Å². The molecule has 2 nitrogen and oxygen atoms in total. The summed E-state index contributed by atoms with van der Waals surface area (Å²) < 4.78 is 18.8. The van der Waals surface area contributed by atoms with Crippen molar-refractivity contribution in [1.82, 2.24) is 5.32 Å². The summed E-state index contributed by atoms with van der Waals surface area (Å²) in [6.07, 6.45) is 0. The van der Waals surface area contributed by atoms with Gasteiger partial charge >= 0.3 is 0 Å². The second-order valence-corrected chi connectivity index (χ2v) is 4.80. The molecular weight excluding hydrogens is 241 g/mol. The molecule has 1 unspecified atom stereocenters. The molecule has 19 heavy (non-hydrogen) atoms. The number of hydrogen-bond donors (Lipinski definition) is 1. The Morgan fingerprint density at radius 2 is 1.74 bits per heavy atom. The highest BCUT2D eigenvalue weighted by atomic mass is 19.1. The Morgan fingerprint density at radius 3 is 2.21 bits per heavy atom. The van der Waals surface area contributed by atoms with E-state index in [0.29, 0.717) is 0 Å². The summed E-state index contributed by atoms with van der Waals surface area (Å²) in [5, 5.41) is 3.45. The molecule has 1 atom stereocenters. The Bertz CT molecular complexity index is 557. The molecule has 0 radical (unpaired) electrons. The first-order valence-electron chi connectivity index (χ1n) is 6.60. The summed E-state index contributed by atoms with van der Waals surface area (Å²) in [6, 6.07) is 6.69. The molecule has 0 aliphatic carbocycles. The van der Waals surface area contributed by atoms with Gasteiger partial charge in [-0.05, 0) is 50.6 Å². The van der Waals surface area contributed by atoms with Gasteiger partial charge in [-0.25, -0.2) is 4.39 Å². The first-order chi connectivity index (χ1) is 9.04. The number of nitrogens with one attached hydrogen (secondary N) is 1. The number of hydrogen-bond acceptors (Lipinski definition) is 2. The minimum absolute atomic E-state index is 0.0445. The van der Waals surface area contributed by atoms with Gasteiger partial charge in [0.1, 0.15) is 17.3 Å². The van der Waals surface area contributed by atoms with Crippen molar-refractivity contribution in [3.8, 4) is 0 Å². The molecule has 1 aromatic heterocycles. The van der Waals surface area contributed by atoms with E-state index in [4.69, 9.17) is 4.42 Å². The maximum Gasteiger partial charge on any atom is 0.123 e. The van der Waals surface area contributed by atoms with Gasteiger partial charge in [-0.15, -0.1) is 0 Å². The lowest BCUT2D eigenvalue weighted by Gasteiger charge is -2.19. The van der Waals surface area contributed by atoms with Crippen LogP contribution in [-0.4, -0.2) is 6.54 Å². The van der Waals surface area contributed by atoms with Crippen molar-refractivity contribution < 1.29 is 8.81 Å². The second-order valence-electron chi connectivity index (χ2n) is 4.80.